The number of rotatable bonds is 1. The first kappa shape index (κ1) is 11.3. The molecule has 4 rings (SSSR count). The van der Waals surface area contributed by atoms with E-state index in [0.29, 0.717) is 5.75 Å². The molecular formula is C17H11BO2. The molecule has 0 radical (unpaired) electrons. The van der Waals surface area contributed by atoms with Gasteiger partial charge in [0.05, 0.1) is 0 Å². The molecule has 0 atom stereocenters. The van der Waals surface area contributed by atoms with Gasteiger partial charge in [-0.3, -0.25) is 4.79 Å². The molecule has 0 saturated carbocycles. The quantitative estimate of drug-likeness (QED) is 0.384. The Hall–Kier alpha value is -2.55. The normalized spacial score (nSPS) is 11.4. The van der Waals surface area contributed by atoms with Gasteiger partial charge in [0.1, 0.15) is 5.75 Å². The van der Waals surface area contributed by atoms with E-state index >= 15 is 0 Å². The van der Waals surface area contributed by atoms with Crippen molar-refractivity contribution in [2.24, 2.45) is 0 Å². The molecule has 0 saturated heterocycles. The topological polar surface area (TPSA) is 26.3 Å². The van der Waals surface area contributed by atoms with Gasteiger partial charge in [0.2, 0.25) is 13.7 Å². The van der Waals surface area contributed by atoms with Crippen molar-refractivity contribution in [2.75, 3.05) is 0 Å². The van der Waals surface area contributed by atoms with Crippen molar-refractivity contribution < 1.29 is 9.53 Å². The van der Waals surface area contributed by atoms with E-state index in [1.54, 1.807) is 0 Å². The second-order valence-corrected chi connectivity index (χ2v) is 5.01. The Morgan fingerprint density at radius 3 is 2.10 bits per heavy atom. The molecule has 0 fully saturated rings. The average Bonchev–Trinajstić information content (AvgIpc) is 2.46. The average molecular weight is 258 g/mol. The second-order valence-electron chi connectivity index (χ2n) is 5.01. The van der Waals surface area contributed by atoms with Gasteiger partial charge < -0.3 is 4.74 Å². The highest BCUT2D eigenvalue weighted by Gasteiger charge is 2.11. The third-order valence-electron chi connectivity index (χ3n) is 3.74. The van der Waals surface area contributed by atoms with Crippen LogP contribution in [0.4, 0.5) is 4.79 Å². The number of hydrogen-bond donors (Lipinski definition) is 0. The van der Waals surface area contributed by atoms with Crippen molar-refractivity contribution in [1.29, 1.82) is 0 Å². The van der Waals surface area contributed by atoms with Crippen LogP contribution in [0.15, 0.2) is 54.6 Å². The Morgan fingerprint density at radius 1 is 0.800 bits per heavy atom. The molecule has 0 unspecified atom stereocenters. The SMILES string of the molecule is BC(=O)Oc1ccc2ccc3cccc4ccc1c2c34. The summed E-state index contributed by atoms with van der Waals surface area (Å²) in [4.78, 5) is 11.3. The van der Waals surface area contributed by atoms with Crippen LogP contribution in [0.3, 0.4) is 0 Å². The molecule has 4 aromatic carbocycles. The van der Waals surface area contributed by atoms with Crippen molar-refractivity contribution in [2.45, 2.75) is 0 Å². The lowest BCUT2D eigenvalue weighted by atomic mass is 9.94. The summed E-state index contributed by atoms with van der Waals surface area (Å²) in [6.45, 7) is 0. The van der Waals surface area contributed by atoms with Crippen molar-refractivity contribution in [3.8, 4) is 5.75 Å². The van der Waals surface area contributed by atoms with Crippen LogP contribution in [0.25, 0.3) is 32.3 Å². The summed E-state index contributed by atoms with van der Waals surface area (Å²) in [5.41, 5.74) is 0. The van der Waals surface area contributed by atoms with E-state index in [-0.39, 0.29) is 5.87 Å². The molecule has 4 aromatic rings. The van der Waals surface area contributed by atoms with E-state index in [0.717, 1.165) is 5.39 Å². The standard InChI is InChI=1S/C17H11BO2/c18-17(19)20-14-9-7-12-5-4-10-2-1-3-11-6-8-13(14)16(12)15(10)11/h1-9H,18H2. The third-order valence-corrected chi connectivity index (χ3v) is 3.74. The zero-order chi connectivity index (χ0) is 13.7. The summed E-state index contributed by atoms with van der Waals surface area (Å²) in [7, 11) is 1.43. The lowest BCUT2D eigenvalue weighted by Crippen LogP contribution is -2.04. The largest absolute Gasteiger partial charge is 0.434 e. The van der Waals surface area contributed by atoms with Crippen LogP contribution in [0.1, 0.15) is 0 Å². The Morgan fingerprint density at radius 2 is 1.40 bits per heavy atom. The first-order chi connectivity index (χ1) is 9.74. The molecule has 0 aliphatic carbocycles. The van der Waals surface area contributed by atoms with Crippen LogP contribution in [0.5, 0.6) is 5.75 Å². The predicted octanol–water partition coefficient (Wildman–Crippen LogP) is 3.72. The Balaban J connectivity index is 2.23. The van der Waals surface area contributed by atoms with Crippen LogP contribution in [-0.2, 0) is 0 Å². The fraction of sp³-hybridized carbons (Fsp3) is 0. The van der Waals surface area contributed by atoms with Gasteiger partial charge >= 0.3 is 0 Å². The minimum atomic E-state index is -0.292. The monoisotopic (exact) mass is 258 g/mol. The molecule has 0 aliphatic rings. The number of hydrogen-bond acceptors (Lipinski definition) is 2. The van der Waals surface area contributed by atoms with Gasteiger partial charge in [0.25, 0.3) is 0 Å². The molecule has 0 spiro atoms. The van der Waals surface area contributed by atoms with Crippen LogP contribution >= 0.6 is 0 Å². The van der Waals surface area contributed by atoms with E-state index in [1.807, 2.05) is 18.2 Å². The summed E-state index contributed by atoms with van der Waals surface area (Å²) >= 11 is 0. The molecule has 0 N–H and O–H groups in total. The van der Waals surface area contributed by atoms with E-state index in [2.05, 4.69) is 36.4 Å². The second kappa shape index (κ2) is 3.97. The van der Waals surface area contributed by atoms with E-state index in [1.165, 1.54) is 34.8 Å². The summed E-state index contributed by atoms with van der Waals surface area (Å²) in [5.74, 6) is 0.336. The molecular weight excluding hydrogens is 247 g/mol. The molecule has 0 bridgehead atoms. The molecule has 0 amide bonds. The van der Waals surface area contributed by atoms with Gasteiger partial charge in [0.15, 0.2) is 0 Å². The molecule has 0 aromatic heterocycles. The molecule has 94 valence electrons. The summed E-state index contributed by atoms with van der Waals surface area (Å²) in [6, 6.07) is 18.5. The zero-order valence-electron chi connectivity index (χ0n) is 11.0. The Kier molecular flexibility index (Phi) is 2.24. The lowest BCUT2D eigenvalue weighted by molar-refractivity contribution is 0.226. The molecule has 20 heavy (non-hydrogen) atoms. The zero-order valence-corrected chi connectivity index (χ0v) is 11.0. The minimum Gasteiger partial charge on any atom is -0.434 e. The summed E-state index contributed by atoms with van der Waals surface area (Å²) in [5, 5.41) is 6.97. The number of carbonyl (C=O) groups excluding carboxylic acids is 1. The van der Waals surface area contributed by atoms with Crippen molar-refractivity contribution in [3.63, 3.8) is 0 Å². The molecule has 0 heterocycles. The fourth-order valence-electron chi connectivity index (χ4n) is 2.95. The van der Waals surface area contributed by atoms with Gasteiger partial charge in [-0.1, -0.05) is 42.5 Å². The smallest absolute Gasteiger partial charge is 0.248 e. The van der Waals surface area contributed by atoms with Crippen molar-refractivity contribution >= 4 is 46.0 Å². The minimum absolute atomic E-state index is 0.292. The highest BCUT2D eigenvalue weighted by atomic mass is 16.5. The number of benzene rings is 4. The fourth-order valence-corrected chi connectivity index (χ4v) is 2.95. The highest BCUT2D eigenvalue weighted by Crippen LogP contribution is 2.38. The van der Waals surface area contributed by atoms with Crippen molar-refractivity contribution in [1.82, 2.24) is 0 Å². The third kappa shape index (κ3) is 1.50. The lowest BCUT2D eigenvalue weighted by Gasteiger charge is -2.13. The summed E-state index contributed by atoms with van der Waals surface area (Å²) in [6.07, 6.45) is 0. The Bertz CT molecular complexity index is 943. The molecule has 0 aliphatic heterocycles. The maximum absolute atomic E-state index is 11.3. The summed E-state index contributed by atoms with van der Waals surface area (Å²) < 4.78 is 5.33. The van der Waals surface area contributed by atoms with E-state index < -0.39 is 0 Å². The van der Waals surface area contributed by atoms with Gasteiger partial charge in [-0.25, -0.2) is 0 Å². The van der Waals surface area contributed by atoms with Gasteiger partial charge in [0, 0.05) is 10.8 Å². The number of ether oxygens (including phenoxy) is 1. The maximum Gasteiger partial charge on any atom is 0.248 e. The van der Waals surface area contributed by atoms with Crippen LogP contribution < -0.4 is 4.74 Å². The van der Waals surface area contributed by atoms with Crippen LogP contribution in [-0.4, -0.2) is 13.7 Å². The maximum atomic E-state index is 11.3. The molecule has 3 heteroatoms. The first-order valence-electron chi connectivity index (χ1n) is 6.59. The molecule has 2 nitrogen and oxygen atoms in total. The van der Waals surface area contributed by atoms with Gasteiger partial charge in [-0.2, -0.15) is 0 Å². The predicted molar refractivity (Wildman–Crippen MR) is 84.7 cm³/mol. The van der Waals surface area contributed by atoms with Gasteiger partial charge in [-0.05, 0) is 33.7 Å². The van der Waals surface area contributed by atoms with E-state index in [9.17, 15) is 4.79 Å². The number of carbonyl (C=O) groups is 1. The van der Waals surface area contributed by atoms with E-state index in [4.69, 9.17) is 4.74 Å². The highest BCUT2D eigenvalue weighted by molar-refractivity contribution is 6.55. The Labute approximate surface area is 116 Å². The van der Waals surface area contributed by atoms with Crippen LogP contribution in [0.2, 0.25) is 0 Å². The van der Waals surface area contributed by atoms with Gasteiger partial charge in [-0.15, -0.1) is 0 Å². The van der Waals surface area contributed by atoms with Crippen molar-refractivity contribution in [3.05, 3.63) is 54.6 Å². The first-order valence-corrected chi connectivity index (χ1v) is 6.59. The van der Waals surface area contributed by atoms with Crippen LogP contribution in [0, 0.1) is 0 Å².